The lowest BCUT2D eigenvalue weighted by Crippen LogP contribution is -2.15. The summed E-state index contributed by atoms with van der Waals surface area (Å²) in [5.41, 5.74) is 3.24. The molecule has 1 fully saturated rings. The summed E-state index contributed by atoms with van der Waals surface area (Å²) in [5.74, 6) is 2.09. The number of aromatic nitrogens is 3. The Kier molecular flexibility index (Phi) is 6.35. The number of nitrogens with one attached hydrogen (secondary N) is 1. The Morgan fingerprint density at radius 2 is 1.96 bits per heavy atom. The van der Waals surface area contributed by atoms with Crippen LogP contribution >= 0.6 is 11.8 Å². The van der Waals surface area contributed by atoms with E-state index in [1.807, 2.05) is 36.7 Å². The van der Waals surface area contributed by atoms with Crippen molar-refractivity contribution in [2.45, 2.75) is 57.5 Å². The van der Waals surface area contributed by atoms with Crippen molar-refractivity contribution in [1.82, 2.24) is 14.8 Å². The van der Waals surface area contributed by atoms with Crippen molar-refractivity contribution >= 4 is 23.4 Å². The summed E-state index contributed by atoms with van der Waals surface area (Å²) < 4.78 is 2.04. The molecule has 3 rings (SSSR count). The number of carbonyl (C=O) groups excluding carboxylic acids is 1. The molecule has 1 aromatic carbocycles. The molecule has 0 aliphatic heterocycles. The number of amides is 1. The minimum atomic E-state index is -0.0184. The van der Waals surface area contributed by atoms with Crippen molar-refractivity contribution in [2.24, 2.45) is 13.0 Å². The summed E-state index contributed by atoms with van der Waals surface area (Å²) in [4.78, 5) is 12.2. The van der Waals surface area contributed by atoms with Crippen LogP contribution in [0.3, 0.4) is 0 Å². The highest BCUT2D eigenvalue weighted by Crippen LogP contribution is 2.27. The molecular weight excluding hydrogens is 344 g/mol. The van der Waals surface area contributed by atoms with Crippen molar-refractivity contribution in [3.05, 3.63) is 35.2 Å². The van der Waals surface area contributed by atoms with E-state index >= 15 is 0 Å². The van der Waals surface area contributed by atoms with Gasteiger partial charge in [0.2, 0.25) is 5.91 Å². The van der Waals surface area contributed by atoms with Crippen LogP contribution in [-0.4, -0.2) is 26.4 Å². The molecule has 2 aromatic rings. The number of benzene rings is 1. The average Bonchev–Trinajstić information content (AvgIpc) is 2.97. The van der Waals surface area contributed by atoms with Crippen LogP contribution in [0.15, 0.2) is 23.4 Å². The zero-order chi connectivity index (χ0) is 18.5. The molecule has 1 aliphatic rings. The smallest absolute Gasteiger partial charge is 0.234 e. The van der Waals surface area contributed by atoms with Crippen LogP contribution in [0.4, 0.5) is 5.69 Å². The standard InChI is InChI=1S/C20H28N4OS/c1-14-9-10-17(11-15(14)2)21-19(25)13-26-20-23-22-18(24(20)3)12-16-7-5-4-6-8-16/h9-11,16H,4-8,12-13H2,1-3H3,(H,21,25). The number of hydrogen-bond acceptors (Lipinski definition) is 4. The van der Waals surface area contributed by atoms with Gasteiger partial charge >= 0.3 is 0 Å². The molecule has 1 aromatic heterocycles. The van der Waals surface area contributed by atoms with E-state index in [1.54, 1.807) is 0 Å². The van der Waals surface area contributed by atoms with Crippen molar-refractivity contribution in [1.29, 1.82) is 0 Å². The van der Waals surface area contributed by atoms with Gasteiger partial charge < -0.3 is 9.88 Å². The van der Waals surface area contributed by atoms with Crippen LogP contribution in [0.25, 0.3) is 0 Å². The molecule has 6 heteroatoms. The number of rotatable bonds is 6. The Morgan fingerprint density at radius 1 is 1.19 bits per heavy atom. The summed E-state index contributed by atoms with van der Waals surface area (Å²) in [5, 5.41) is 12.4. The normalized spacial score (nSPS) is 15.2. The zero-order valence-electron chi connectivity index (χ0n) is 15.9. The Labute approximate surface area is 160 Å². The van der Waals surface area contributed by atoms with E-state index in [1.165, 1.54) is 55.0 Å². The van der Waals surface area contributed by atoms with E-state index in [-0.39, 0.29) is 5.91 Å². The lowest BCUT2D eigenvalue weighted by Gasteiger charge is -2.20. The first-order chi connectivity index (χ1) is 12.5. The fourth-order valence-corrected chi connectivity index (χ4v) is 4.17. The molecule has 1 saturated carbocycles. The number of anilines is 1. The highest BCUT2D eigenvalue weighted by Gasteiger charge is 2.18. The van der Waals surface area contributed by atoms with Gasteiger partial charge in [-0.15, -0.1) is 10.2 Å². The van der Waals surface area contributed by atoms with E-state index in [2.05, 4.69) is 22.4 Å². The van der Waals surface area contributed by atoms with Crippen molar-refractivity contribution < 1.29 is 4.79 Å². The molecule has 140 valence electrons. The average molecular weight is 373 g/mol. The molecule has 0 saturated heterocycles. The molecule has 0 unspecified atom stereocenters. The first-order valence-corrected chi connectivity index (χ1v) is 10.4. The summed E-state index contributed by atoms with van der Waals surface area (Å²) in [6.07, 6.45) is 7.64. The molecule has 1 N–H and O–H groups in total. The molecule has 0 radical (unpaired) electrons. The third-order valence-electron chi connectivity index (χ3n) is 5.24. The van der Waals surface area contributed by atoms with Gasteiger partial charge in [0.25, 0.3) is 0 Å². The maximum atomic E-state index is 12.2. The second-order valence-corrected chi connectivity index (χ2v) is 8.24. The van der Waals surface area contributed by atoms with Crippen molar-refractivity contribution in [3.63, 3.8) is 0 Å². The van der Waals surface area contributed by atoms with Gasteiger partial charge in [-0.05, 0) is 43.0 Å². The van der Waals surface area contributed by atoms with Crippen LogP contribution in [0.5, 0.6) is 0 Å². The number of thioether (sulfide) groups is 1. The minimum Gasteiger partial charge on any atom is -0.325 e. The predicted octanol–water partition coefficient (Wildman–Crippen LogP) is 4.29. The van der Waals surface area contributed by atoms with Gasteiger partial charge in [0.15, 0.2) is 5.16 Å². The molecule has 0 atom stereocenters. The van der Waals surface area contributed by atoms with Gasteiger partial charge in [-0.1, -0.05) is 49.9 Å². The van der Waals surface area contributed by atoms with Gasteiger partial charge in [-0.25, -0.2) is 0 Å². The minimum absolute atomic E-state index is 0.0184. The monoisotopic (exact) mass is 372 g/mol. The van der Waals surface area contributed by atoms with E-state index in [0.29, 0.717) is 5.75 Å². The van der Waals surface area contributed by atoms with E-state index < -0.39 is 0 Å². The molecule has 0 bridgehead atoms. The van der Waals surface area contributed by atoms with Gasteiger partial charge in [0.1, 0.15) is 5.82 Å². The van der Waals surface area contributed by atoms with Crippen LogP contribution in [0.2, 0.25) is 0 Å². The van der Waals surface area contributed by atoms with Gasteiger partial charge in [0, 0.05) is 19.2 Å². The maximum absolute atomic E-state index is 12.2. The predicted molar refractivity (Wildman–Crippen MR) is 107 cm³/mol. The second kappa shape index (κ2) is 8.71. The zero-order valence-corrected chi connectivity index (χ0v) is 16.7. The summed E-state index contributed by atoms with van der Waals surface area (Å²) in [6, 6.07) is 5.97. The van der Waals surface area contributed by atoms with Gasteiger partial charge in [0.05, 0.1) is 5.75 Å². The lowest BCUT2D eigenvalue weighted by atomic mass is 9.87. The molecule has 1 heterocycles. The van der Waals surface area contributed by atoms with E-state index in [9.17, 15) is 4.79 Å². The second-order valence-electron chi connectivity index (χ2n) is 7.30. The number of nitrogens with zero attached hydrogens (tertiary/aromatic N) is 3. The topological polar surface area (TPSA) is 59.8 Å². The number of hydrogen-bond donors (Lipinski definition) is 1. The summed E-state index contributed by atoms with van der Waals surface area (Å²) in [6.45, 7) is 4.11. The summed E-state index contributed by atoms with van der Waals surface area (Å²) in [7, 11) is 2.00. The molecule has 1 amide bonds. The Bertz CT molecular complexity index is 765. The fraction of sp³-hybridized carbons (Fsp3) is 0.550. The van der Waals surface area contributed by atoms with E-state index in [4.69, 9.17) is 0 Å². The van der Waals surface area contributed by atoms with Gasteiger partial charge in [-0.2, -0.15) is 0 Å². The molecule has 1 aliphatic carbocycles. The third kappa shape index (κ3) is 4.87. The lowest BCUT2D eigenvalue weighted by molar-refractivity contribution is -0.113. The Morgan fingerprint density at radius 3 is 2.69 bits per heavy atom. The Hall–Kier alpha value is -1.82. The molecule has 0 spiro atoms. The highest BCUT2D eigenvalue weighted by atomic mass is 32.2. The van der Waals surface area contributed by atoms with Crippen LogP contribution in [-0.2, 0) is 18.3 Å². The maximum Gasteiger partial charge on any atom is 0.234 e. The SMILES string of the molecule is Cc1ccc(NC(=O)CSc2nnc(CC3CCCCC3)n2C)cc1C. The number of aryl methyl sites for hydroxylation is 2. The van der Waals surface area contributed by atoms with Crippen LogP contribution in [0, 0.1) is 19.8 Å². The highest BCUT2D eigenvalue weighted by molar-refractivity contribution is 7.99. The number of carbonyl (C=O) groups is 1. The molecular formula is C20H28N4OS. The first kappa shape index (κ1) is 19.0. The fourth-order valence-electron chi connectivity index (χ4n) is 3.44. The van der Waals surface area contributed by atoms with Crippen LogP contribution in [0.1, 0.15) is 49.1 Å². The third-order valence-corrected chi connectivity index (χ3v) is 6.26. The van der Waals surface area contributed by atoms with Gasteiger partial charge in [-0.3, -0.25) is 4.79 Å². The quantitative estimate of drug-likeness (QED) is 0.769. The summed E-state index contributed by atoms with van der Waals surface area (Å²) >= 11 is 1.44. The molecule has 5 nitrogen and oxygen atoms in total. The largest absolute Gasteiger partial charge is 0.325 e. The van der Waals surface area contributed by atoms with Crippen molar-refractivity contribution in [3.8, 4) is 0 Å². The van der Waals surface area contributed by atoms with Crippen molar-refractivity contribution in [2.75, 3.05) is 11.1 Å². The van der Waals surface area contributed by atoms with E-state index in [0.717, 1.165) is 29.0 Å². The Balaban J connectivity index is 1.52. The van der Waals surface area contributed by atoms with Crippen LogP contribution < -0.4 is 5.32 Å². The molecule has 26 heavy (non-hydrogen) atoms. The first-order valence-electron chi connectivity index (χ1n) is 9.41.